The molecule has 0 spiro atoms. The first-order valence-corrected chi connectivity index (χ1v) is 7.25. The highest BCUT2D eigenvalue weighted by Crippen LogP contribution is 2.33. The first-order valence-electron chi connectivity index (χ1n) is 6.88. The van der Waals surface area contributed by atoms with E-state index >= 15 is 0 Å². The van der Waals surface area contributed by atoms with Crippen molar-refractivity contribution in [3.63, 3.8) is 0 Å². The third-order valence-electron chi connectivity index (χ3n) is 3.82. The van der Waals surface area contributed by atoms with Gasteiger partial charge in [-0.2, -0.15) is 0 Å². The number of hydrogen-bond donors (Lipinski definition) is 1. The number of nitro groups is 1. The Hall–Kier alpha value is -1.89. The standard InChI is InChI=1S/C13H15ClN4O3/c14-9-4-11(18(20)21)13(16-6-9)15-5-8-3-12(19)17(7-8)10-1-2-10/h4,6,8,10H,1-3,5,7H2,(H,15,16)/t8-/m1/s1. The zero-order chi connectivity index (χ0) is 15.0. The third kappa shape index (κ3) is 3.07. The van der Waals surface area contributed by atoms with Crippen LogP contribution in [0.3, 0.4) is 0 Å². The summed E-state index contributed by atoms with van der Waals surface area (Å²) < 4.78 is 0. The highest BCUT2D eigenvalue weighted by atomic mass is 35.5. The van der Waals surface area contributed by atoms with Crippen LogP contribution in [0.15, 0.2) is 12.3 Å². The van der Waals surface area contributed by atoms with Crippen LogP contribution in [-0.4, -0.2) is 39.8 Å². The van der Waals surface area contributed by atoms with E-state index in [9.17, 15) is 14.9 Å². The Labute approximate surface area is 126 Å². The summed E-state index contributed by atoms with van der Waals surface area (Å²) in [5, 5.41) is 14.2. The molecule has 1 aromatic rings. The molecule has 2 heterocycles. The molecule has 2 aliphatic rings. The van der Waals surface area contributed by atoms with Crippen LogP contribution in [0.5, 0.6) is 0 Å². The van der Waals surface area contributed by atoms with Crippen molar-refractivity contribution >= 4 is 29.0 Å². The summed E-state index contributed by atoms with van der Waals surface area (Å²) in [6.45, 7) is 1.21. The normalized spacial score (nSPS) is 21.7. The molecule has 21 heavy (non-hydrogen) atoms. The van der Waals surface area contributed by atoms with Crippen molar-refractivity contribution in [1.82, 2.24) is 9.88 Å². The largest absolute Gasteiger partial charge is 0.364 e. The molecule has 7 nitrogen and oxygen atoms in total. The van der Waals surface area contributed by atoms with Crippen LogP contribution in [0.25, 0.3) is 0 Å². The SMILES string of the molecule is O=C1C[C@H](CNc2ncc(Cl)cc2[N+](=O)[O-])CN1C1CC1. The first kappa shape index (κ1) is 14.1. The van der Waals surface area contributed by atoms with E-state index in [0.29, 0.717) is 19.0 Å². The van der Waals surface area contributed by atoms with E-state index in [4.69, 9.17) is 11.6 Å². The molecule has 0 unspecified atom stereocenters. The summed E-state index contributed by atoms with van der Waals surface area (Å²) >= 11 is 5.72. The predicted octanol–water partition coefficient (Wildman–Crippen LogP) is 2.07. The number of rotatable bonds is 5. The zero-order valence-electron chi connectivity index (χ0n) is 11.3. The Morgan fingerprint density at radius 3 is 2.95 bits per heavy atom. The van der Waals surface area contributed by atoms with Crippen molar-refractivity contribution in [2.75, 3.05) is 18.4 Å². The second-order valence-corrected chi connectivity index (χ2v) is 5.94. The molecule has 1 saturated carbocycles. The molecular weight excluding hydrogens is 296 g/mol. The highest BCUT2D eigenvalue weighted by molar-refractivity contribution is 6.30. The first-order chi connectivity index (χ1) is 10.0. The molecule has 1 saturated heterocycles. The van der Waals surface area contributed by atoms with Gasteiger partial charge in [-0.25, -0.2) is 4.98 Å². The number of nitrogens with zero attached hydrogens (tertiary/aromatic N) is 3. The Balaban J connectivity index is 1.63. The molecule has 1 N–H and O–H groups in total. The van der Waals surface area contributed by atoms with Crippen molar-refractivity contribution in [2.45, 2.75) is 25.3 Å². The summed E-state index contributed by atoms with van der Waals surface area (Å²) in [6, 6.07) is 1.69. The van der Waals surface area contributed by atoms with Crippen molar-refractivity contribution in [3.05, 3.63) is 27.4 Å². The van der Waals surface area contributed by atoms with Gasteiger partial charge in [0.15, 0.2) is 0 Å². The van der Waals surface area contributed by atoms with Gasteiger partial charge in [0.2, 0.25) is 11.7 Å². The molecule has 3 rings (SSSR count). The number of amides is 1. The maximum atomic E-state index is 11.9. The average molecular weight is 311 g/mol. The van der Waals surface area contributed by atoms with Crippen LogP contribution in [0.2, 0.25) is 5.02 Å². The van der Waals surface area contributed by atoms with Crippen LogP contribution in [0, 0.1) is 16.0 Å². The maximum Gasteiger partial charge on any atom is 0.312 e. The molecule has 0 radical (unpaired) electrons. The van der Waals surface area contributed by atoms with E-state index in [0.717, 1.165) is 19.4 Å². The van der Waals surface area contributed by atoms with Gasteiger partial charge in [-0.1, -0.05) is 11.6 Å². The third-order valence-corrected chi connectivity index (χ3v) is 4.02. The van der Waals surface area contributed by atoms with Gasteiger partial charge in [0.1, 0.15) is 0 Å². The molecule has 2 fully saturated rings. The van der Waals surface area contributed by atoms with Gasteiger partial charge in [-0.05, 0) is 12.8 Å². The molecule has 1 aliphatic heterocycles. The Morgan fingerprint density at radius 2 is 2.29 bits per heavy atom. The molecule has 0 bridgehead atoms. The van der Waals surface area contributed by atoms with E-state index in [1.54, 1.807) is 0 Å². The van der Waals surface area contributed by atoms with Gasteiger partial charge in [0.05, 0.1) is 9.95 Å². The lowest BCUT2D eigenvalue weighted by Crippen LogP contribution is -2.28. The van der Waals surface area contributed by atoms with E-state index < -0.39 is 4.92 Å². The fourth-order valence-corrected chi connectivity index (χ4v) is 2.78. The summed E-state index contributed by atoms with van der Waals surface area (Å²) in [5.41, 5.74) is -0.147. The quantitative estimate of drug-likeness (QED) is 0.664. The molecule has 1 aliphatic carbocycles. The fourth-order valence-electron chi connectivity index (χ4n) is 2.63. The molecule has 112 valence electrons. The van der Waals surface area contributed by atoms with Gasteiger partial charge >= 0.3 is 5.69 Å². The lowest BCUT2D eigenvalue weighted by Gasteiger charge is -2.15. The molecular formula is C13H15ClN4O3. The van der Waals surface area contributed by atoms with Crippen LogP contribution >= 0.6 is 11.6 Å². The number of nitrogens with one attached hydrogen (secondary N) is 1. The molecule has 1 aromatic heterocycles. The zero-order valence-corrected chi connectivity index (χ0v) is 12.0. The van der Waals surface area contributed by atoms with Gasteiger partial charge in [0, 0.05) is 43.7 Å². The van der Waals surface area contributed by atoms with Gasteiger partial charge < -0.3 is 10.2 Å². The number of likely N-dealkylation sites (tertiary alicyclic amines) is 1. The molecule has 8 heteroatoms. The summed E-state index contributed by atoms with van der Waals surface area (Å²) in [4.78, 5) is 28.2. The van der Waals surface area contributed by atoms with E-state index in [1.165, 1.54) is 12.3 Å². The Kier molecular flexibility index (Phi) is 3.67. The van der Waals surface area contributed by atoms with Crippen LogP contribution in [0.4, 0.5) is 11.5 Å². The van der Waals surface area contributed by atoms with Gasteiger partial charge in [-0.15, -0.1) is 0 Å². The minimum absolute atomic E-state index is 0.147. The van der Waals surface area contributed by atoms with Crippen LogP contribution in [0.1, 0.15) is 19.3 Å². The number of aromatic nitrogens is 1. The monoisotopic (exact) mass is 310 g/mol. The number of hydrogen-bond acceptors (Lipinski definition) is 5. The minimum atomic E-state index is -0.516. The summed E-state index contributed by atoms with van der Waals surface area (Å²) in [7, 11) is 0. The Bertz CT molecular complexity index is 591. The van der Waals surface area contributed by atoms with E-state index in [1.807, 2.05) is 4.90 Å². The summed E-state index contributed by atoms with van der Waals surface area (Å²) in [6.07, 6.45) is 4.05. The second-order valence-electron chi connectivity index (χ2n) is 5.51. The maximum absolute atomic E-state index is 11.9. The highest BCUT2D eigenvalue weighted by Gasteiger charge is 2.39. The number of carbonyl (C=O) groups is 1. The van der Waals surface area contributed by atoms with E-state index in [2.05, 4.69) is 10.3 Å². The van der Waals surface area contributed by atoms with Crippen molar-refractivity contribution in [2.24, 2.45) is 5.92 Å². The number of pyridine rings is 1. The average Bonchev–Trinajstić information content (AvgIpc) is 3.21. The number of carbonyl (C=O) groups excluding carboxylic acids is 1. The molecule has 1 atom stereocenters. The number of anilines is 1. The smallest absolute Gasteiger partial charge is 0.312 e. The van der Waals surface area contributed by atoms with Gasteiger partial charge in [0.25, 0.3) is 0 Å². The van der Waals surface area contributed by atoms with Gasteiger partial charge in [-0.3, -0.25) is 14.9 Å². The summed E-state index contributed by atoms with van der Waals surface area (Å²) in [5.74, 6) is 0.541. The number of halogens is 1. The van der Waals surface area contributed by atoms with Crippen molar-refractivity contribution in [1.29, 1.82) is 0 Å². The van der Waals surface area contributed by atoms with E-state index in [-0.39, 0.29) is 28.4 Å². The topological polar surface area (TPSA) is 88.4 Å². The molecule has 0 aromatic carbocycles. The fraction of sp³-hybridized carbons (Fsp3) is 0.538. The van der Waals surface area contributed by atoms with Crippen LogP contribution in [-0.2, 0) is 4.79 Å². The van der Waals surface area contributed by atoms with Crippen LogP contribution < -0.4 is 5.32 Å². The predicted molar refractivity (Wildman–Crippen MR) is 77.2 cm³/mol. The minimum Gasteiger partial charge on any atom is -0.364 e. The van der Waals surface area contributed by atoms with Crippen molar-refractivity contribution < 1.29 is 9.72 Å². The van der Waals surface area contributed by atoms with Crippen molar-refractivity contribution in [3.8, 4) is 0 Å². The lowest BCUT2D eigenvalue weighted by atomic mass is 10.1. The molecule has 1 amide bonds. The second kappa shape index (κ2) is 5.48. The Morgan fingerprint density at radius 1 is 1.52 bits per heavy atom. The lowest BCUT2D eigenvalue weighted by molar-refractivity contribution is -0.384.